The van der Waals surface area contributed by atoms with Crippen molar-refractivity contribution in [2.45, 2.75) is 27.2 Å². The molecule has 0 aromatic rings. The van der Waals surface area contributed by atoms with E-state index in [0.29, 0.717) is 0 Å². The van der Waals surface area contributed by atoms with Crippen molar-refractivity contribution in [1.29, 1.82) is 0 Å². The molecular weight excluding hydrogens is 144 g/mol. The lowest BCUT2D eigenvalue weighted by atomic mass is 10.1. The van der Waals surface area contributed by atoms with E-state index in [1.54, 1.807) is 0 Å². The van der Waals surface area contributed by atoms with E-state index in [1.165, 1.54) is 11.1 Å². The minimum absolute atomic E-state index is 0.977. The van der Waals surface area contributed by atoms with Crippen LogP contribution in [0.2, 0.25) is 0 Å². The molecule has 0 atom stereocenters. The Balaban J connectivity index is 4.33. The molecule has 0 spiro atoms. The van der Waals surface area contributed by atoms with Crippen molar-refractivity contribution in [2.24, 2.45) is 0 Å². The third kappa shape index (κ3) is 4.73. The molecule has 0 N–H and O–H groups in total. The monoisotopic (exact) mass is 162 g/mol. The first-order valence-electron chi connectivity index (χ1n) is 4.31. The molecule has 0 bridgehead atoms. The van der Waals surface area contributed by atoms with E-state index in [-0.39, 0.29) is 0 Å². The molecule has 0 amide bonds. The van der Waals surface area contributed by atoms with Gasteiger partial charge in [0.25, 0.3) is 0 Å². The summed E-state index contributed by atoms with van der Waals surface area (Å²) in [5.41, 5.74) is 2.55. The van der Waals surface area contributed by atoms with E-state index < -0.39 is 0 Å². The van der Waals surface area contributed by atoms with Crippen molar-refractivity contribution < 1.29 is 0 Å². The van der Waals surface area contributed by atoms with Gasteiger partial charge in [0, 0.05) is 0 Å². The summed E-state index contributed by atoms with van der Waals surface area (Å²) in [6.45, 7) is 9.94. The Labute approximate surface area is 76.0 Å². The standard InChI is InChI=1S/C12H18/c1-5-8-9-12(7-3)10-11(4)6-2/h5-8,10H,3,9H2,1-2,4H3/b8-5-,11-6-,12-10+. The molecule has 0 nitrogen and oxygen atoms in total. The minimum Gasteiger partial charge on any atom is -0.0988 e. The Morgan fingerprint density at radius 3 is 2.42 bits per heavy atom. The molecule has 0 saturated heterocycles. The van der Waals surface area contributed by atoms with E-state index in [4.69, 9.17) is 0 Å². The Morgan fingerprint density at radius 1 is 1.33 bits per heavy atom. The average Bonchev–Trinajstić information content (AvgIpc) is 2.11. The zero-order chi connectivity index (χ0) is 9.40. The number of allylic oxidation sites excluding steroid dienone is 7. The largest absolute Gasteiger partial charge is 0.0988 e. The smallest absolute Gasteiger partial charge is 0.00977 e. The molecular formula is C12H18. The van der Waals surface area contributed by atoms with E-state index >= 15 is 0 Å². The van der Waals surface area contributed by atoms with Crippen LogP contribution in [0.3, 0.4) is 0 Å². The molecule has 0 rings (SSSR count). The molecule has 0 aromatic carbocycles. The van der Waals surface area contributed by atoms with Gasteiger partial charge in [-0.05, 0) is 32.8 Å². The fraction of sp³-hybridized carbons (Fsp3) is 0.333. The lowest BCUT2D eigenvalue weighted by Gasteiger charge is -1.96. The highest BCUT2D eigenvalue weighted by atomic mass is 13.9. The molecule has 0 aliphatic rings. The second-order valence-corrected chi connectivity index (χ2v) is 2.73. The van der Waals surface area contributed by atoms with Crippen LogP contribution >= 0.6 is 0 Å². The summed E-state index contributed by atoms with van der Waals surface area (Å²) in [6.07, 6.45) is 11.3. The van der Waals surface area contributed by atoms with E-state index in [2.05, 4.69) is 37.8 Å². The van der Waals surface area contributed by atoms with Crippen LogP contribution in [0.5, 0.6) is 0 Å². The molecule has 0 saturated carbocycles. The number of hydrogen-bond acceptors (Lipinski definition) is 0. The number of rotatable bonds is 4. The van der Waals surface area contributed by atoms with Gasteiger partial charge < -0.3 is 0 Å². The fourth-order valence-corrected chi connectivity index (χ4v) is 0.831. The van der Waals surface area contributed by atoms with Crippen LogP contribution in [0.15, 0.2) is 48.1 Å². The average molecular weight is 162 g/mol. The summed E-state index contributed by atoms with van der Waals surface area (Å²) in [5, 5.41) is 0. The predicted octanol–water partition coefficient (Wildman–Crippen LogP) is 4.03. The third-order valence-corrected chi connectivity index (χ3v) is 1.72. The van der Waals surface area contributed by atoms with Gasteiger partial charge >= 0.3 is 0 Å². The van der Waals surface area contributed by atoms with E-state index in [1.807, 2.05) is 19.9 Å². The first-order valence-corrected chi connectivity index (χ1v) is 4.31. The number of hydrogen-bond donors (Lipinski definition) is 0. The summed E-state index contributed by atoms with van der Waals surface area (Å²) in [7, 11) is 0. The fourth-order valence-electron chi connectivity index (χ4n) is 0.831. The molecule has 12 heavy (non-hydrogen) atoms. The van der Waals surface area contributed by atoms with Gasteiger partial charge in [0.1, 0.15) is 0 Å². The van der Waals surface area contributed by atoms with Crippen LogP contribution in [0, 0.1) is 0 Å². The first-order chi connectivity index (χ1) is 5.74. The summed E-state index contributed by atoms with van der Waals surface area (Å²) in [5.74, 6) is 0. The van der Waals surface area contributed by atoms with Gasteiger partial charge in [-0.15, -0.1) is 0 Å². The zero-order valence-electron chi connectivity index (χ0n) is 8.30. The van der Waals surface area contributed by atoms with Gasteiger partial charge in [-0.3, -0.25) is 0 Å². The quantitative estimate of drug-likeness (QED) is 0.432. The summed E-state index contributed by atoms with van der Waals surface area (Å²) in [4.78, 5) is 0. The molecule has 0 heterocycles. The van der Waals surface area contributed by atoms with Gasteiger partial charge in [-0.2, -0.15) is 0 Å². The van der Waals surface area contributed by atoms with Gasteiger partial charge in [-0.1, -0.05) is 42.5 Å². The Bertz CT molecular complexity index is 214. The Morgan fingerprint density at radius 2 is 2.00 bits per heavy atom. The van der Waals surface area contributed by atoms with E-state index in [0.717, 1.165) is 6.42 Å². The van der Waals surface area contributed by atoms with Crippen LogP contribution < -0.4 is 0 Å². The van der Waals surface area contributed by atoms with Gasteiger partial charge in [0.05, 0.1) is 0 Å². The SMILES string of the molecule is C=C/C(=C\C(C)=C/C)C/C=C\C. The van der Waals surface area contributed by atoms with Crippen molar-refractivity contribution in [2.75, 3.05) is 0 Å². The van der Waals surface area contributed by atoms with Crippen LogP contribution in [-0.2, 0) is 0 Å². The summed E-state index contributed by atoms with van der Waals surface area (Å²) in [6, 6.07) is 0. The maximum Gasteiger partial charge on any atom is -0.00977 e. The van der Waals surface area contributed by atoms with Crippen molar-refractivity contribution in [3.63, 3.8) is 0 Å². The maximum absolute atomic E-state index is 3.77. The minimum atomic E-state index is 0.977. The molecule has 0 aliphatic carbocycles. The van der Waals surface area contributed by atoms with E-state index in [9.17, 15) is 0 Å². The topological polar surface area (TPSA) is 0 Å². The lowest BCUT2D eigenvalue weighted by Crippen LogP contribution is -1.76. The highest BCUT2D eigenvalue weighted by Crippen LogP contribution is 2.07. The highest BCUT2D eigenvalue weighted by molar-refractivity contribution is 5.29. The van der Waals surface area contributed by atoms with Crippen LogP contribution in [0.4, 0.5) is 0 Å². The highest BCUT2D eigenvalue weighted by Gasteiger charge is 1.87. The van der Waals surface area contributed by atoms with Crippen molar-refractivity contribution >= 4 is 0 Å². The normalized spacial score (nSPS) is 13.9. The molecule has 0 radical (unpaired) electrons. The summed E-state index contributed by atoms with van der Waals surface area (Å²) >= 11 is 0. The maximum atomic E-state index is 3.77. The Hall–Kier alpha value is -1.04. The van der Waals surface area contributed by atoms with Crippen molar-refractivity contribution in [1.82, 2.24) is 0 Å². The van der Waals surface area contributed by atoms with Crippen LogP contribution in [0.25, 0.3) is 0 Å². The van der Waals surface area contributed by atoms with Gasteiger partial charge in [-0.25, -0.2) is 0 Å². The summed E-state index contributed by atoms with van der Waals surface area (Å²) < 4.78 is 0. The molecule has 0 aliphatic heterocycles. The molecule has 0 heteroatoms. The second kappa shape index (κ2) is 6.66. The zero-order valence-corrected chi connectivity index (χ0v) is 8.30. The third-order valence-electron chi connectivity index (χ3n) is 1.72. The van der Waals surface area contributed by atoms with Gasteiger partial charge in [0.15, 0.2) is 0 Å². The lowest BCUT2D eigenvalue weighted by molar-refractivity contribution is 1.26. The molecule has 0 aromatic heterocycles. The van der Waals surface area contributed by atoms with Crippen LogP contribution in [-0.4, -0.2) is 0 Å². The first kappa shape index (κ1) is 11.0. The van der Waals surface area contributed by atoms with Crippen LogP contribution in [0.1, 0.15) is 27.2 Å². The molecule has 0 fully saturated rings. The second-order valence-electron chi connectivity index (χ2n) is 2.73. The van der Waals surface area contributed by atoms with Crippen molar-refractivity contribution in [3.8, 4) is 0 Å². The van der Waals surface area contributed by atoms with Crippen molar-refractivity contribution in [3.05, 3.63) is 48.1 Å². The van der Waals surface area contributed by atoms with Gasteiger partial charge in [0.2, 0.25) is 0 Å². The molecule has 0 unspecified atom stereocenters. The predicted molar refractivity (Wildman–Crippen MR) is 57.1 cm³/mol. The Kier molecular flexibility index (Phi) is 6.08. The molecule has 66 valence electrons.